The third kappa shape index (κ3) is 12.7. The van der Waals surface area contributed by atoms with Gasteiger partial charge in [0.25, 0.3) is 5.91 Å². The SMILES string of the molecule is CC=NCCCCCC(=O)CCCSSC(C)(C)CCC(=O)Nc1cc(COc2cc3c(cc2C)C(=O)N2c4ccccc4C[C@H]2[C-]=[N+]3C)cc(COc2cc3c(cc2OC)C(=O)N2c4ccccc4C[C@H]2CC3)c1. The van der Waals surface area contributed by atoms with E-state index in [4.69, 9.17) is 14.2 Å². The lowest BCUT2D eigenvalue weighted by Crippen LogP contribution is -2.38. The summed E-state index contributed by atoms with van der Waals surface area (Å²) in [6.45, 7) is 9.36. The van der Waals surface area contributed by atoms with Gasteiger partial charge in [0.15, 0.2) is 11.5 Å². The molecule has 0 aliphatic carbocycles. The zero-order chi connectivity index (χ0) is 52.6. The monoisotopic (exact) mass is 1050 g/mol. The first-order chi connectivity index (χ1) is 36.3. The molecule has 0 aromatic heterocycles. The Labute approximate surface area is 450 Å². The lowest BCUT2D eigenvalue weighted by Gasteiger charge is -2.23. The number of ether oxygens (including phenoxy) is 3. The maximum Gasteiger partial charge on any atom is 0.258 e. The topological polar surface area (TPSA) is 130 Å². The van der Waals surface area contributed by atoms with E-state index in [1.807, 2.05) is 120 Å². The van der Waals surface area contributed by atoms with Crippen molar-refractivity contribution in [2.75, 3.05) is 41.6 Å². The van der Waals surface area contributed by atoms with Crippen molar-refractivity contribution in [3.63, 3.8) is 0 Å². The number of hydrogen-bond donors (Lipinski definition) is 1. The van der Waals surface area contributed by atoms with Gasteiger partial charge in [0.2, 0.25) is 11.8 Å². The summed E-state index contributed by atoms with van der Waals surface area (Å²) in [5.41, 5.74) is 10.1. The number of rotatable bonds is 23. The number of nitrogens with one attached hydrogen (secondary N) is 1. The first-order valence-electron chi connectivity index (χ1n) is 26.4. The van der Waals surface area contributed by atoms with Crippen molar-refractivity contribution in [2.45, 2.75) is 135 Å². The number of nitrogens with zero attached hydrogens (tertiary/aromatic N) is 4. The highest BCUT2D eigenvalue weighted by molar-refractivity contribution is 8.77. The molecule has 14 heteroatoms. The molecule has 4 aliphatic rings. The van der Waals surface area contributed by atoms with Gasteiger partial charge in [0.1, 0.15) is 31.8 Å². The van der Waals surface area contributed by atoms with E-state index >= 15 is 0 Å². The number of carbonyl (C=O) groups excluding carboxylic acids is 4. The Morgan fingerprint density at radius 3 is 2.24 bits per heavy atom. The minimum absolute atomic E-state index is 0.0272. The number of hydrogen-bond acceptors (Lipinski definition) is 10. The summed E-state index contributed by atoms with van der Waals surface area (Å²) in [4.78, 5) is 62.6. The third-order valence-corrected chi connectivity index (χ3v) is 18.0. The fourth-order valence-electron chi connectivity index (χ4n) is 10.6. The van der Waals surface area contributed by atoms with E-state index < -0.39 is 0 Å². The summed E-state index contributed by atoms with van der Waals surface area (Å²) < 4.78 is 20.8. The van der Waals surface area contributed by atoms with Crippen molar-refractivity contribution >= 4 is 80.3 Å². The molecule has 2 atom stereocenters. The minimum Gasteiger partial charge on any atom is -0.493 e. The van der Waals surface area contributed by atoms with Gasteiger partial charge in [-0.3, -0.25) is 24.2 Å². The quantitative estimate of drug-likeness (QED) is 0.0223. The Bertz CT molecular complexity index is 3020. The first-order valence-corrected chi connectivity index (χ1v) is 28.7. The molecule has 75 heavy (non-hydrogen) atoms. The molecule has 12 nitrogen and oxygen atoms in total. The zero-order valence-electron chi connectivity index (χ0n) is 44.2. The lowest BCUT2D eigenvalue weighted by molar-refractivity contribution is -0.401. The van der Waals surface area contributed by atoms with Crippen LogP contribution in [0.15, 0.2) is 96.0 Å². The smallest absolute Gasteiger partial charge is 0.258 e. The van der Waals surface area contributed by atoms with Crippen molar-refractivity contribution in [3.8, 4) is 17.2 Å². The van der Waals surface area contributed by atoms with E-state index in [1.165, 1.54) is 5.56 Å². The molecule has 4 aliphatic heterocycles. The van der Waals surface area contributed by atoms with Crippen LogP contribution in [0.25, 0.3) is 0 Å². The number of fused-ring (bicyclic) bond motifs is 8. The molecule has 0 saturated carbocycles. The fraction of sp³-hybridized carbons (Fsp3) is 0.410. The van der Waals surface area contributed by atoms with Crippen LogP contribution in [0.1, 0.15) is 133 Å². The maximum atomic E-state index is 14.2. The van der Waals surface area contributed by atoms with Gasteiger partial charge < -0.3 is 33.9 Å². The van der Waals surface area contributed by atoms with Crippen molar-refractivity contribution in [1.29, 1.82) is 0 Å². The van der Waals surface area contributed by atoms with Crippen LogP contribution in [0, 0.1) is 6.92 Å². The molecule has 1 N–H and O–H groups in total. The standard InChI is InChI=1S/C61H69N5O7S2/c1-7-62-26-14-8-9-18-49(67)19-15-27-74-75-61(3,4)25-24-58(68)63-46-30-41(38-72-55-36-54-51(28-40(55)2)60(70)66-48(37-64(54)5)33-45-17-11-13-21-53(45)66)29-42(31-46)39-73-57-34-43-22-23-47-32-44-16-10-12-20-52(44)65(47)59(69)50(43)35-56(57)71-6/h7,10-13,16-17,20-21,28-31,34-36,47-48H,8-9,14-15,18-19,22-27,32-33,38-39H2,1-6H3,(H,63,68)/t47-,48+/m1/s1. The summed E-state index contributed by atoms with van der Waals surface area (Å²) in [5, 5.41) is 3.18. The maximum absolute atomic E-state index is 14.2. The first kappa shape index (κ1) is 53.4. The second kappa shape index (κ2) is 24.1. The van der Waals surface area contributed by atoms with Crippen LogP contribution in [0.4, 0.5) is 22.7 Å². The van der Waals surface area contributed by atoms with Crippen molar-refractivity contribution in [3.05, 3.63) is 136 Å². The molecule has 0 saturated heterocycles. The largest absolute Gasteiger partial charge is 0.493 e. The highest BCUT2D eigenvalue weighted by atomic mass is 33.1. The number of amides is 3. The predicted octanol–water partition coefficient (Wildman–Crippen LogP) is 12.4. The highest BCUT2D eigenvalue weighted by Crippen LogP contribution is 2.43. The minimum atomic E-state index is -0.215. The van der Waals surface area contributed by atoms with Crippen LogP contribution in [0.5, 0.6) is 17.2 Å². The van der Waals surface area contributed by atoms with Crippen LogP contribution in [0.2, 0.25) is 0 Å². The molecule has 0 fully saturated rings. The van der Waals surface area contributed by atoms with E-state index in [0.29, 0.717) is 77.6 Å². The molecule has 5 aromatic carbocycles. The second-order valence-electron chi connectivity index (χ2n) is 20.7. The van der Waals surface area contributed by atoms with E-state index in [2.05, 4.69) is 42.5 Å². The molecular formula is C61H69N5O7S2. The molecule has 0 unspecified atom stereocenters. The van der Waals surface area contributed by atoms with Gasteiger partial charge >= 0.3 is 0 Å². The number of unbranched alkanes of at least 4 members (excludes halogenated alkanes) is 2. The Kier molecular flexibility index (Phi) is 17.2. The summed E-state index contributed by atoms with van der Waals surface area (Å²) >= 11 is 0. The average Bonchev–Trinajstić information content (AvgIpc) is 3.93. The number of para-hydroxylation sites is 2. The molecule has 3 amide bonds. The number of benzene rings is 5. The number of aryl methyl sites for hydroxylation is 2. The number of ketones is 1. The molecule has 0 radical (unpaired) electrons. The van der Waals surface area contributed by atoms with Crippen LogP contribution in [-0.4, -0.2) is 83.8 Å². The van der Waals surface area contributed by atoms with Gasteiger partial charge in [0, 0.05) is 82.8 Å². The molecule has 0 bridgehead atoms. The van der Waals surface area contributed by atoms with Gasteiger partial charge in [-0.1, -0.05) is 70.5 Å². The molecule has 392 valence electrons. The Balaban J connectivity index is 0.881. The van der Waals surface area contributed by atoms with Gasteiger partial charge in [-0.2, -0.15) is 0 Å². The number of aliphatic imine (C=N–C) groups is 1. The Morgan fingerprint density at radius 1 is 0.800 bits per heavy atom. The molecular weight excluding hydrogens is 979 g/mol. The highest BCUT2D eigenvalue weighted by Gasteiger charge is 2.38. The zero-order valence-corrected chi connectivity index (χ0v) is 45.8. The molecule has 0 spiro atoms. The summed E-state index contributed by atoms with van der Waals surface area (Å²) in [7, 11) is 7.04. The number of Topliss-reactive ketones (excluding diaryl/α,β-unsaturated/α-hetero) is 1. The average molecular weight is 1050 g/mol. The predicted molar refractivity (Wildman–Crippen MR) is 304 cm³/mol. The van der Waals surface area contributed by atoms with Crippen LogP contribution in [-0.2, 0) is 42.1 Å². The summed E-state index contributed by atoms with van der Waals surface area (Å²) in [6, 6.07) is 29.5. The van der Waals surface area contributed by atoms with Crippen LogP contribution >= 0.6 is 21.6 Å². The summed E-state index contributed by atoms with van der Waals surface area (Å²) in [5.74, 6) is 2.65. The number of methoxy groups -OCH3 is 1. The Hall–Kier alpha value is -6.38. The lowest BCUT2D eigenvalue weighted by atomic mass is 9.99. The van der Waals surface area contributed by atoms with E-state index in [1.54, 1.807) is 28.7 Å². The van der Waals surface area contributed by atoms with Gasteiger partial charge in [-0.25, -0.2) is 0 Å². The normalized spacial score (nSPS) is 16.5. The van der Waals surface area contributed by atoms with Gasteiger partial charge in [0.05, 0.1) is 12.8 Å². The molecule has 4 heterocycles. The van der Waals surface area contributed by atoms with Crippen molar-refractivity contribution < 1.29 is 38.0 Å². The van der Waals surface area contributed by atoms with E-state index in [9.17, 15) is 19.2 Å². The van der Waals surface area contributed by atoms with E-state index in [0.717, 1.165) is 96.4 Å². The van der Waals surface area contributed by atoms with Crippen molar-refractivity contribution in [1.82, 2.24) is 0 Å². The third-order valence-electron chi connectivity index (χ3n) is 14.6. The van der Waals surface area contributed by atoms with Crippen molar-refractivity contribution in [2.24, 2.45) is 4.99 Å². The summed E-state index contributed by atoms with van der Waals surface area (Å²) in [6.07, 6.45) is 14.5. The number of carbonyl (C=O) groups is 4. The number of anilines is 3. The molecule has 5 aromatic rings. The van der Waals surface area contributed by atoms with Gasteiger partial charge in [-0.05, 0) is 167 Å². The van der Waals surface area contributed by atoms with E-state index in [-0.39, 0.29) is 47.8 Å². The Morgan fingerprint density at radius 2 is 1.49 bits per heavy atom. The fourth-order valence-corrected chi connectivity index (χ4v) is 13.3. The van der Waals surface area contributed by atoms with Gasteiger partial charge in [-0.15, -0.1) is 0 Å². The van der Waals surface area contributed by atoms with Crippen LogP contribution in [0.3, 0.4) is 0 Å². The second-order valence-corrected chi connectivity index (χ2v) is 23.8. The van der Waals surface area contributed by atoms with Crippen LogP contribution < -0.4 is 29.3 Å². The molecule has 9 rings (SSSR count).